The van der Waals surface area contributed by atoms with Crippen LogP contribution >= 0.6 is 11.3 Å². The second kappa shape index (κ2) is 3.97. The van der Waals surface area contributed by atoms with Crippen LogP contribution in [0.2, 0.25) is 0 Å². The van der Waals surface area contributed by atoms with Gasteiger partial charge in [-0.1, -0.05) is 31.2 Å². The van der Waals surface area contributed by atoms with Crippen molar-refractivity contribution in [2.75, 3.05) is 0 Å². The van der Waals surface area contributed by atoms with Crippen LogP contribution in [0.4, 0.5) is 0 Å². The smallest absolute Gasteiger partial charge is 0.0351 e. The molecule has 1 heteroatoms. The van der Waals surface area contributed by atoms with Crippen molar-refractivity contribution in [2.24, 2.45) is 0 Å². The molecule has 0 radical (unpaired) electrons. The minimum Gasteiger partial charge on any atom is -0.136 e. The molecule has 0 aliphatic carbocycles. The summed E-state index contributed by atoms with van der Waals surface area (Å²) in [4.78, 5) is 1.40. The van der Waals surface area contributed by atoms with Crippen molar-refractivity contribution in [1.82, 2.24) is 0 Å². The molecule has 0 amide bonds. The van der Waals surface area contributed by atoms with Gasteiger partial charge >= 0.3 is 0 Å². The molecule has 0 unspecified atom stereocenters. The summed E-state index contributed by atoms with van der Waals surface area (Å²) in [6.07, 6.45) is 5.56. The summed E-state index contributed by atoms with van der Waals surface area (Å²) in [5.41, 5.74) is 1.41. The van der Waals surface area contributed by atoms with Gasteiger partial charge in [-0.2, -0.15) is 0 Å². The van der Waals surface area contributed by atoms with E-state index in [2.05, 4.69) is 50.3 Å². The van der Waals surface area contributed by atoms with E-state index in [1.165, 1.54) is 20.5 Å². The quantitative estimate of drug-likeness (QED) is 0.666. The molecular weight excluding hydrogens is 188 g/mol. The molecule has 0 spiro atoms. The molecule has 72 valence electrons. The molecular formula is C13H14S. The average Bonchev–Trinajstić information content (AvgIpc) is 2.54. The van der Waals surface area contributed by atoms with Crippen molar-refractivity contribution in [2.45, 2.75) is 20.3 Å². The van der Waals surface area contributed by atoms with Gasteiger partial charge in [0.25, 0.3) is 0 Å². The zero-order valence-electron chi connectivity index (χ0n) is 8.58. The third-order valence-corrected chi connectivity index (χ3v) is 3.62. The summed E-state index contributed by atoms with van der Waals surface area (Å²) in [6.45, 7) is 4.37. The first-order valence-electron chi connectivity index (χ1n) is 4.97. The van der Waals surface area contributed by atoms with Gasteiger partial charge in [0.2, 0.25) is 0 Å². The molecule has 0 N–H and O–H groups in total. The minimum atomic E-state index is 1.10. The summed E-state index contributed by atoms with van der Waals surface area (Å²) in [7, 11) is 0. The first-order chi connectivity index (χ1) is 6.83. The van der Waals surface area contributed by atoms with E-state index in [1.54, 1.807) is 0 Å². The number of hydrogen-bond donors (Lipinski definition) is 0. The average molecular weight is 202 g/mol. The zero-order chi connectivity index (χ0) is 9.97. The summed E-state index contributed by atoms with van der Waals surface area (Å²) < 4.78 is 1.39. The second-order valence-corrected chi connectivity index (χ2v) is 4.48. The predicted octanol–water partition coefficient (Wildman–Crippen LogP) is 4.63. The number of fused-ring (bicyclic) bond motifs is 1. The molecule has 0 atom stereocenters. The molecule has 0 fully saturated rings. The van der Waals surface area contributed by atoms with E-state index >= 15 is 0 Å². The highest BCUT2D eigenvalue weighted by Gasteiger charge is 2.03. The number of aryl methyl sites for hydroxylation is 1. The van der Waals surface area contributed by atoms with E-state index in [-0.39, 0.29) is 0 Å². The van der Waals surface area contributed by atoms with E-state index in [0.717, 1.165) is 6.42 Å². The Balaban J connectivity index is 2.57. The maximum atomic E-state index is 2.24. The van der Waals surface area contributed by atoms with Gasteiger partial charge in [-0.25, -0.2) is 0 Å². The van der Waals surface area contributed by atoms with Crippen molar-refractivity contribution in [1.29, 1.82) is 0 Å². The molecule has 0 aliphatic rings. The Labute approximate surface area is 88.9 Å². The van der Waals surface area contributed by atoms with Crippen LogP contribution in [-0.2, 0) is 0 Å². The molecule has 1 heterocycles. The van der Waals surface area contributed by atoms with Crippen molar-refractivity contribution in [3.63, 3.8) is 0 Å². The fourth-order valence-electron chi connectivity index (χ4n) is 1.58. The molecule has 0 saturated carbocycles. The van der Waals surface area contributed by atoms with Crippen LogP contribution in [0.3, 0.4) is 0 Å². The minimum absolute atomic E-state index is 1.10. The molecule has 14 heavy (non-hydrogen) atoms. The van der Waals surface area contributed by atoms with Crippen LogP contribution < -0.4 is 0 Å². The fourth-order valence-corrected chi connectivity index (χ4v) is 2.72. The molecule has 0 aliphatic heterocycles. The summed E-state index contributed by atoms with van der Waals surface area (Å²) in [5, 5.41) is 1.40. The summed E-state index contributed by atoms with van der Waals surface area (Å²) in [6, 6.07) is 8.60. The molecule has 2 aromatic rings. The standard InChI is InChI=1S/C13H14S/c1-3-4-8-12-10(2)11-7-5-6-9-13(11)14-12/h4-9H,3H2,1-2H3. The first kappa shape index (κ1) is 9.47. The largest absolute Gasteiger partial charge is 0.136 e. The number of allylic oxidation sites excluding steroid dienone is 1. The van der Waals surface area contributed by atoms with Crippen molar-refractivity contribution in [3.8, 4) is 0 Å². The SMILES string of the molecule is CCC=Cc1sc2ccccc2c1C. The molecule has 0 saturated heterocycles. The van der Waals surface area contributed by atoms with Gasteiger partial charge in [0.15, 0.2) is 0 Å². The lowest BCUT2D eigenvalue weighted by atomic mass is 10.1. The molecule has 0 bridgehead atoms. The van der Waals surface area contributed by atoms with Gasteiger partial charge in [-0.05, 0) is 36.4 Å². The second-order valence-electron chi connectivity index (χ2n) is 3.40. The zero-order valence-corrected chi connectivity index (χ0v) is 9.40. The Morgan fingerprint density at radius 1 is 1.29 bits per heavy atom. The van der Waals surface area contributed by atoms with Gasteiger partial charge in [0.05, 0.1) is 0 Å². The molecule has 1 aromatic carbocycles. The van der Waals surface area contributed by atoms with Gasteiger partial charge < -0.3 is 0 Å². The lowest BCUT2D eigenvalue weighted by Crippen LogP contribution is -1.70. The van der Waals surface area contributed by atoms with E-state index in [0.29, 0.717) is 0 Å². The van der Waals surface area contributed by atoms with Crippen LogP contribution in [-0.4, -0.2) is 0 Å². The molecule has 0 nitrogen and oxygen atoms in total. The van der Waals surface area contributed by atoms with E-state index in [9.17, 15) is 0 Å². The Hall–Kier alpha value is -1.08. The van der Waals surface area contributed by atoms with Crippen LogP contribution in [0, 0.1) is 6.92 Å². The lowest BCUT2D eigenvalue weighted by molar-refractivity contribution is 1.23. The first-order valence-corrected chi connectivity index (χ1v) is 5.79. The van der Waals surface area contributed by atoms with E-state index in [1.807, 2.05) is 11.3 Å². The molecule has 2 rings (SSSR count). The van der Waals surface area contributed by atoms with Crippen molar-refractivity contribution < 1.29 is 0 Å². The van der Waals surface area contributed by atoms with Gasteiger partial charge in [-0.3, -0.25) is 0 Å². The third kappa shape index (κ3) is 1.60. The Kier molecular flexibility index (Phi) is 2.69. The van der Waals surface area contributed by atoms with Gasteiger partial charge in [0, 0.05) is 9.58 Å². The Bertz CT molecular complexity index is 463. The van der Waals surface area contributed by atoms with Gasteiger partial charge in [-0.15, -0.1) is 11.3 Å². The van der Waals surface area contributed by atoms with Crippen LogP contribution in [0.25, 0.3) is 16.2 Å². The maximum absolute atomic E-state index is 2.24. The Morgan fingerprint density at radius 2 is 2.07 bits per heavy atom. The number of thiophene rings is 1. The topological polar surface area (TPSA) is 0 Å². The highest BCUT2D eigenvalue weighted by Crippen LogP contribution is 2.31. The number of rotatable bonds is 2. The van der Waals surface area contributed by atoms with E-state index < -0.39 is 0 Å². The predicted molar refractivity (Wildman–Crippen MR) is 65.9 cm³/mol. The van der Waals surface area contributed by atoms with Crippen molar-refractivity contribution >= 4 is 27.5 Å². The summed E-state index contributed by atoms with van der Waals surface area (Å²) >= 11 is 1.88. The highest BCUT2D eigenvalue weighted by atomic mass is 32.1. The normalized spacial score (nSPS) is 11.6. The van der Waals surface area contributed by atoms with Crippen LogP contribution in [0.5, 0.6) is 0 Å². The van der Waals surface area contributed by atoms with Crippen LogP contribution in [0.1, 0.15) is 23.8 Å². The van der Waals surface area contributed by atoms with Gasteiger partial charge in [0.1, 0.15) is 0 Å². The maximum Gasteiger partial charge on any atom is 0.0351 e. The highest BCUT2D eigenvalue weighted by molar-refractivity contribution is 7.20. The number of hydrogen-bond acceptors (Lipinski definition) is 1. The fraction of sp³-hybridized carbons (Fsp3) is 0.231. The molecule has 1 aromatic heterocycles. The van der Waals surface area contributed by atoms with Crippen LogP contribution in [0.15, 0.2) is 30.3 Å². The summed E-state index contributed by atoms with van der Waals surface area (Å²) in [5.74, 6) is 0. The monoisotopic (exact) mass is 202 g/mol. The van der Waals surface area contributed by atoms with E-state index in [4.69, 9.17) is 0 Å². The lowest BCUT2D eigenvalue weighted by Gasteiger charge is -1.90. The van der Waals surface area contributed by atoms with Crippen molar-refractivity contribution in [3.05, 3.63) is 40.8 Å². The number of benzene rings is 1. The third-order valence-electron chi connectivity index (χ3n) is 2.39. The Morgan fingerprint density at radius 3 is 2.79 bits per heavy atom.